The zero-order chi connectivity index (χ0) is 16.3. The number of rotatable bonds is 5. The van der Waals surface area contributed by atoms with Gasteiger partial charge in [0.05, 0.1) is 4.90 Å². The zero-order valence-corrected chi connectivity index (χ0v) is 15.0. The highest BCUT2D eigenvalue weighted by Crippen LogP contribution is 2.30. The summed E-state index contributed by atoms with van der Waals surface area (Å²) in [4.78, 5) is 0.380. The molecular formula is C18H29NO2S. The molecule has 0 amide bonds. The van der Waals surface area contributed by atoms with Crippen molar-refractivity contribution in [3.8, 4) is 0 Å². The van der Waals surface area contributed by atoms with Crippen molar-refractivity contribution in [2.75, 3.05) is 0 Å². The average molecular weight is 324 g/mol. The van der Waals surface area contributed by atoms with Crippen LogP contribution < -0.4 is 4.72 Å². The summed E-state index contributed by atoms with van der Waals surface area (Å²) in [6.07, 6.45) is 4.22. The van der Waals surface area contributed by atoms with E-state index in [4.69, 9.17) is 0 Å². The van der Waals surface area contributed by atoms with Gasteiger partial charge in [0.2, 0.25) is 10.0 Å². The summed E-state index contributed by atoms with van der Waals surface area (Å²) < 4.78 is 28.1. The minimum Gasteiger partial charge on any atom is -0.208 e. The molecule has 124 valence electrons. The lowest BCUT2D eigenvalue weighted by Gasteiger charge is -2.34. The van der Waals surface area contributed by atoms with Crippen LogP contribution in [0.2, 0.25) is 0 Å². The first-order valence-corrected chi connectivity index (χ1v) is 9.89. The Bertz CT molecular complexity index is 578. The van der Waals surface area contributed by atoms with Crippen LogP contribution in [0.1, 0.15) is 52.5 Å². The Morgan fingerprint density at radius 3 is 2.36 bits per heavy atom. The molecule has 1 aliphatic rings. The smallest absolute Gasteiger partial charge is 0.208 e. The molecule has 3 atom stereocenters. The summed E-state index contributed by atoms with van der Waals surface area (Å²) in [7, 11) is -3.41. The Labute approximate surface area is 135 Å². The first-order valence-electron chi connectivity index (χ1n) is 8.41. The van der Waals surface area contributed by atoms with Crippen molar-refractivity contribution in [3.63, 3.8) is 0 Å². The zero-order valence-electron chi connectivity index (χ0n) is 14.2. The highest BCUT2D eigenvalue weighted by molar-refractivity contribution is 7.89. The van der Waals surface area contributed by atoms with Crippen molar-refractivity contribution in [2.24, 2.45) is 17.8 Å². The Morgan fingerprint density at radius 1 is 1.14 bits per heavy atom. The summed E-state index contributed by atoms with van der Waals surface area (Å²) in [5.74, 6) is 1.55. The molecule has 1 N–H and O–H groups in total. The van der Waals surface area contributed by atoms with Gasteiger partial charge in [0, 0.05) is 6.04 Å². The topological polar surface area (TPSA) is 46.2 Å². The van der Waals surface area contributed by atoms with Crippen molar-refractivity contribution < 1.29 is 8.42 Å². The van der Waals surface area contributed by atoms with Crippen molar-refractivity contribution in [3.05, 3.63) is 29.8 Å². The maximum atomic E-state index is 12.6. The molecule has 0 aromatic heterocycles. The predicted octanol–water partition coefficient (Wildman–Crippen LogP) is 3.99. The number of nitrogens with one attached hydrogen (secondary N) is 1. The normalized spacial score (nSPS) is 26.3. The summed E-state index contributed by atoms with van der Waals surface area (Å²) in [6.45, 7) is 8.70. The fourth-order valence-corrected chi connectivity index (χ4v) is 4.65. The molecule has 1 saturated carbocycles. The lowest BCUT2D eigenvalue weighted by molar-refractivity contribution is 0.227. The second kappa shape index (κ2) is 7.14. The molecule has 0 saturated heterocycles. The van der Waals surface area contributed by atoms with E-state index in [-0.39, 0.29) is 6.04 Å². The summed E-state index contributed by atoms with van der Waals surface area (Å²) in [5, 5.41) is 0. The van der Waals surface area contributed by atoms with E-state index in [1.807, 2.05) is 12.1 Å². The summed E-state index contributed by atoms with van der Waals surface area (Å²) in [5.41, 5.74) is 1.19. The maximum absolute atomic E-state index is 12.6. The Kier molecular flexibility index (Phi) is 5.67. The van der Waals surface area contributed by atoms with Gasteiger partial charge in [0.25, 0.3) is 0 Å². The number of benzene rings is 1. The molecule has 0 bridgehead atoms. The minimum absolute atomic E-state index is 0.0593. The predicted molar refractivity (Wildman–Crippen MR) is 91.3 cm³/mol. The second-order valence-corrected chi connectivity index (χ2v) is 8.95. The average Bonchev–Trinajstić information content (AvgIpc) is 2.44. The minimum atomic E-state index is -3.41. The van der Waals surface area contributed by atoms with Gasteiger partial charge < -0.3 is 0 Å². The molecule has 1 aromatic carbocycles. The standard InChI is InChI=1S/C18H29NO2S/c1-13(2)12-16-8-10-17(11-9-16)22(20,21)19-18-7-5-6-14(3)15(18)4/h8-11,13-15,18-19H,5-7,12H2,1-4H3/t14-,15+,18+/m0/s1. The largest absolute Gasteiger partial charge is 0.240 e. The van der Waals surface area contributed by atoms with Crippen LogP contribution in [-0.2, 0) is 16.4 Å². The fourth-order valence-electron chi connectivity index (χ4n) is 3.29. The van der Waals surface area contributed by atoms with E-state index in [9.17, 15) is 8.42 Å². The Morgan fingerprint density at radius 2 is 1.77 bits per heavy atom. The number of hydrogen-bond donors (Lipinski definition) is 1. The molecule has 1 aromatic rings. The van der Waals surface area contributed by atoms with Crippen LogP contribution in [-0.4, -0.2) is 14.5 Å². The second-order valence-electron chi connectivity index (χ2n) is 7.24. The van der Waals surface area contributed by atoms with Gasteiger partial charge in [-0.2, -0.15) is 0 Å². The molecule has 1 fully saturated rings. The molecule has 3 nitrogen and oxygen atoms in total. The summed E-state index contributed by atoms with van der Waals surface area (Å²) in [6, 6.07) is 7.39. The van der Waals surface area contributed by atoms with Crippen molar-refractivity contribution in [1.82, 2.24) is 4.72 Å². The Balaban J connectivity index is 2.09. The third-order valence-electron chi connectivity index (χ3n) is 4.89. The van der Waals surface area contributed by atoms with Gasteiger partial charge in [0.1, 0.15) is 0 Å². The van der Waals surface area contributed by atoms with Crippen molar-refractivity contribution in [1.29, 1.82) is 0 Å². The van der Waals surface area contributed by atoms with Gasteiger partial charge in [-0.15, -0.1) is 0 Å². The molecule has 22 heavy (non-hydrogen) atoms. The van der Waals surface area contributed by atoms with E-state index in [1.165, 1.54) is 12.0 Å². The monoisotopic (exact) mass is 323 g/mol. The Hall–Kier alpha value is -0.870. The van der Waals surface area contributed by atoms with E-state index >= 15 is 0 Å². The van der Waals surface area contributed by atoms with Gasteiger partial charge in [-0.3, -0.25) is 0 Å². The first-order chi connectivity index (χ1) is 10.3. The molecule has 2 rings (SSSR count). The molecule has 0 radical (unpaired) electrons. The third-order valence-corrected chi connectivity index (χ3v) is 6.40. The maximum Gasteiger partial charge on any atom is 0.240 e. The van der Waals surface area contributed by atoms with Crippen LogP contribution in [0, 0.1) is 17.8 Å². The SMILES string of the molecule is CC(C)Cc1ccc(S(=O)(=O)N[C@@H]2CCC[C@H](C)[C@H]2C)cc1. The molecule has 0 heterocycles. The molecule has 0 spiro atoms. The van der Waals surface area contributed by atoms with Crippen LogP contribution >= 0.6 is 0 Å². The van der Waals surface area contributed by atoms with Crippen LogP contribution in [0.25, 0.3) is 0 Å². The van der Waals surface area contributed by atoms with Gasteiger partial charge in [-0.25, -0.2) is 13.1 Å². The van der Waals surface area contributed by atoms with Crippen LogP contribution in [0.15, 0.2) is 29.2 Å². The molecular weight excluding hydrogens is 294 g/mol. The third kappa shape index (κ3) is 4.32. The lowest BCUT2D eigenvalue weighted by atomic mass is 9.78. The van der Waals surface area contributed by atoms with Crippen molar-refractivity contribution in [2.45, 2.75) is 64.3 Å². The van der Waals surface area contributed by atoms with Crippen LogP contribution in [0.3, 0.4) is 0 Å². The highest BCUT2D eigenvalue weighted by atomic mass is 32.2. The fraction of sp³-hybridized carbons (Fsp3) is 0.667. The molecule has 1 aliphatic carbocycles. The first kappa shape index (κ1) is 17.5. The highest BCUT2D eigenvalue weighted by Gasteiger charge is 2.30. The molecule has 0 unspecified atom stereocenters. The van der Waals surface area contributed by atoms with Gasteiger partial charge in [-0.1, -0.05) is 52.7 Å². The summed E-state index contributed by atoms with van der Waals surface area (Å²) >= 11 is 0. The van der Waals surface area contributed by atoms with Gasteiger partial charge in [-0.05, 0) is 48.3 Å². The lowest BCUT2D eigenvalue weighted by Crippen LogP contribution is -2.43. The van der Waals surface area contributed by atoms with E-state index in [0.717, 1.165) is 19.3 Å². The van der Waals surface area contributed by atoms with E-state index < -0.39 is 10.0 Å². The molecule has 0 aliphatic heterocycles. The number of sulfonamides is 1. The quantitative estimate of drug-likeness (QED) is 0.890. The van der Waals surface area contributed by atoms with Crippen molar-refractivity contribution >= 4 is 10.0 Å². The van der Waals surface area contributed by atoms with Gasteiger partial charge >= 0.3 is 0 Å². The number of hydrogen-bond acceptors (Lipinski definition) is 2. The van der Waals surface area contributed by atoms with E-state index in [1.54, 1.807) is 12.1 Å². The van der Waals surface area contributed by atoms with Gasteiger partial charge in [0.15, 0.2) is 0 Å². The van der Waals surface area contributed by atoms with E-state index in [2.05, 4.69) is 32.4 Å². The molecule has 4 heteroatoms. The van der Waals surface area contributed by atoms with Crippen LogP contribution in [0.5, 0.6) is 0 Å². The van der Waals surface area contributed by atoms with E-state index in [0.29, 0.717) is 22.6 Å². The van der Waals surface area contributed by atoms with Crippen LogP contribution in [0.4, 0.5) is 0 Å².